The SMILES string of the molecule is CSCC[C@H](NC(N)=O)C(=O)Nc1ccc(C)c(I)c1. The Hall–Kier alpha value is -0.960. The van der Waals surface area contributed by atoms with Gasteiger partial charge in [0, 0.05) is 9.26 Å². The molecule has 0 aliphatic carbocycles. The first kappa shape index (κ1) is 17.1. The van der Waals surface area contributed by atoms with E-state index in [1.165, 1.54) is 0 Å². The topological polar surface area (TPSA) is 84.2 Å². The van der Waals surface area contributed by atoms with Gasteiger partial charge in [0.2, 0.25) is 5.91 Å². The van der Waals surface area contributed by atoms with E-state index in [9.17, 15) is 9.59 Å². The third-order valence-corrected chi connectivity index (χ3v) is 4.49. The number of nitrogens with two attached hydrogens (primary N) is 1. The van der Waals surface area contributed by atoms with Gasteiger partial charge in [0.05, 0.1) is 0 Å². The molecule has 0 radical (unpaired) electrons. The predicted molar refractivity (Wildman–Crippen MR) is 92.0 cm³/mol. The first-order valence-electron chi connectivity index (χ1n) is 6.06. The highest BCUT2D eigenvalue weighted by Gasteiger charge is 2.19. The Bertz CT molecular complexity index is 497. The van der Waals surface area contributed by atoms with Crippen LogP contribution in [0.5, 0.6) is 0 Å². The lowest BCUT2D eigenvalue weighted by Crippen LogP contribution is -2.46. The van der Waals surface area contributed by atoms with Crippen LogP contribution in [0.1, 0.15) is 12.0 Å². The fourth-order valence-corrected chi connectivity index (χ4v) is 2.56. The molecule has 20 heavy (non-hydrogen) atoms. The van der Waals surface area contributed by atoms with Crippen molar-refractivity contribution < 1.29 is 9.59 Å². The molecule has 0 heterocycles. The van der Waals surface area contributed by atoms with Gasteiger partial charge in [-0.2, -0.15) is 11.8 Å². The van der Waals surface area contributed by atoms with Gasteiger partial charge in [-0.1, -0.05) is 6.07 Å². The number of carbonyl (C=O) groups excluding carboxylic acids is 2. The summed E-state index contributed by atoms with van der Waals surface area (Å²) in [7, 11) is 0. The standard InChI is InChI=1S/C13H18IN3O2S/c1-8-3-4-9(7-10(8)14)16-12(18)11(5-6-20-2)17-13(15)19/h3-4,7,11H,5-6H2,1-2H3,(H,16,18)(H3,15,17,19)/t11-/m0/s1. The molecule has 0 spiro atoms. The zero-order valence-corrected chi connectivity index (χ0v) is 14.4. The summed E-state index contributed by atoms with van der Waals surface area (Å²) < 4.78 is 1.07. The zero-order valence-electron chi connectivity index (χ0n) is 11.4. The number of halogens is 1. The molecule has 0 saturated carbocycles. The van der Waals surface area contributed by atoms with Gasteiger partial charge < -0.3 is 16.4 Å². The minimum atomic E-state index is -0.690. The van der Waals surface area contributed by atoms with Crippen LogP contribution in [0, 0.1) is 10.5 Å². The molecule has 0 unspecified atom stereocenters. The Morgan fingerprint density at radius 3 is 2.70 bits per heavy atom. The molecule has 0 aliphatic rings. The fraction of sp³-hybridized carbons (Fsp3) is 0.385. The number of nitrogens with one attached hydrogen (secondary N) is 2. The van der Waals surface area contributed by atoms with Crippen molar-refractivity contribution in [2.75, 3.05) is 17.3 Å². The average molecular weight is 407 g/mol. The lowest BCUT2D eigenvalue weighted by atomic mass is 10.2. The molecule has 4 N–H and O–H groups in total. The van der Waals surface area contributed by atoms with E-state index < -0.39 is 12.1 Å². The second-order valence-electron chi connectivity index (χ2n) is 4.30. The molecule has 0 fully saturated rings. The van der Waals surface area contributed by atoms with E-state index in [4.69, 9.17) is 5.73 Å². The molecule has 0 bridgehead atoms. The Labute approximate surface area is 136 Å². The maximum atomic E-state index is 12.2. The highest BCUT2D eigenvalue weighted by molar-refractivity contribution is 14.1. The molecule has 3 amide bonds. The molecule has 110 valence electrons. The summed E-state index contributed by atoms with van der Waals surface area (Å²) in [5, 5.41) is 5.27. The number of thioether (sulfide) groups is 1. The summed E-state index contributed by atoms with van der Waals surface area (Å²) in [6.45, 7) is 2.00. The Morgan fingerprint density at radius 2 is 2.15 bits per heavy atom. The van der Waals surface area contributed by atoms with Crippen LogP contribution in [0.15, 0.2) is 18.2 Å². The molecule has 7 heteroatoms. The maximum absolute atomic E-state index is 12.2. The molecule has 1 aromatic rings. The number of anilines is 1. The van der Waals surface area contributed by atoms with Gasteiger partial charge in [0.15, 0.2) is 0 Å². The van der Waals surface area contributed by atoms with Crippen LogP contribution >= 0.6 is 34.4 Å². The van der Waals surface area contributed by atoms with E-state index in [1.54, 1.807) is 11.8 Å². The van der Waals surface area contributed by atoms with Gasteiger partial charge in [-0.05, 0) is 65.6 Å². The largest absolute Gasteiger partial charge is 0.352 e. The van der Waals surface area contributed by atoms with Gasteiger partial charge in [-0.15, -0.1) is 0 Å². The van der Waals surface area contributed by atoms with Crippen molar-refractivity contribution in [3.63, 3.8) is 0 Å². The second-order valence-corrected chi connectivity index (χ2v) is 6.44. The second kappa shape index (κ2) is 8.35. The number of hydrogen-bond acceptors (Lipinski definition) is 3. The molecule has 5 nitrogen and oxygen atoms in total. The molecular formula is C13H18IN3O2S. The summed E-state index contributed by atoms with van der Waals surface area (Å²) in [5.41, 5.74) is 6.97. The molecular weight excluding hydrogens is 389 g/mol. The van der Waals surface area contributed by atoms with Crippen molar-refractivity contribution in [2.45, 2.75) is 19.4 Å². The molecule has 0 aromatic heterocycles. The van der Waals surface area contributed by atoms with Crippen molar-refractivity contribution in [1.82, 2.24) is 5.32 Å². The number of aryl methyl sites for hydroxylation is 1. The van der Waals surface area contributed by atoms with Crippen LogP contribution in [0.2, 0.25) is 0 Å². The van der Waals surface area contributed by atoms with E-state index in [-0.39, 0.29) is 5.91 Å². The third kappa shape index (κ3) is 5.58. The molecule has 1 atom stereocenters. The van der Waals surface area contributed by atoms with Crippen LogP contribution < -0.4 is 16.4 Å². The van der Waals surface area contributed by atoms with Crippen molar-refractivity contribution in [3.8, 4) is 0 Å². The summed E-state index contributed by atoms with van der Waals surface area (Å²) in [6.07, 6.45) is 2.49. The van der Waals surface area contributed by atoms with E-state index in [1.807, 2.05) is 31.4 Å². The van der Waals surface area contributed by atoms with E-state index >= 15 is 0 Å². The molecule has 0 saturated heterocycles. The Balaban J connectivity index is 2.73. The normalized spacial score (nSPS) is 11.8. The molecule has 1 rings (SSSR count). The van der Waals surface area contributed by atoms with Crippen LogP contribution in [0.4, 0.5) is 10.5 Å². The Kier molecular flexibility index (Phi) is 7.14. The number of primary amides is 1. The number of carbonyl (C=O) groups is 2. The first-order chi connectivity index (χ1) is 9.43. The number of rotatable bonds is 6. The maximum Gasteiger partial charge on any atom is 0.312 e. The lowest BCUT2D eigenvalue weighted by molar-refractivity contribution is -0.117. The lowest BCUT2D eigenvalue weighted by Gasteiger charge is -2.17. The third-order valence-electron chi connectivity index (χ3n) is 2.68. The summed E-state index contributed by atoms with van der Waals surface area (Å²) >= 11 is 3.82. The van der Waals surface area contributed by atoms with Crippen molar-refractivity contribution >= 4 is 52.0 Å². The van der Waals surface area contributed by atoms with E-state index in [2.05, 4.69) is 33.2 Å². The number of urea groups is 1. The van der Waals surface area contributed by atoms with Crippen molar-refractivity contribution in [1.29, 1.82) is 0 Å². The van der Waals surface area contributed by atoms with Gasteiger partial charge in [-0.25, -0.2) is 4.79 Å². The monoisotopic (exact) mass is 407 g/mol. The van der Waals surface area contributed by atoms with Crippen LogP contribution in [-0.2, 0) is 4.79 Å². The van der Waals surface area contributed by atoms with Crippen LogP contribution in [-0.4, -0.2) is 30.0 Å². The van der Waals surface area contributed by atoms with Gasteiger partial charge in [-0.3, -0.25) is 4.79 Å². The van der Waals surface area contributed by atoms with Gasteiger partial charge in [0.1, 0.15) is 6.04 Å². The highest BCUT2D eigenvalue weighted by Crippen LogP contribution is 2.17. The number of hydrogen-bond donors (Lipinski definition) is 3. The Morgan fingerprint density at radius 1 is 1.45 bits per heavy atom. The first-order valence-corrected chi connectivity index (χ1v) is 8.53. The number of benzene rings is 1. The van der Waals surface area contributed by atoms with Crippen molar-refractivity contribution in [2.24, 2.45) is 5.73 Å². The van der Waals surface area contributed by atoms with Crippen LogP contribution in [0.3, 0.4) is 0 Å². The van der Waals surface area contributed by atoms with Gasteiger partial charge in [0.25, 0.3) is 0 Å². The molecule has 1 aromatic carbocycles. The summed E-state index contributed by atoms with van der Waals surface area (Å²) in [4.78, 5) is 23.1. The van der Waals surface area contributed by atoms with Crippen molar-refractivity contribution in [3.05, 3.63) is 27.3 Å². The highest BCUT2D eigenvalue weighted by atomic mass is 127. The van der Waals surface area contributed by atoms with Gasteiger partial charge >= 0.3 is 6.03 Å². The molecule has 0 aliphatic heterocycles. The smallest absolute Gasteiger partial charge is 0.312 e. The summed E-state index contributed by atoms with van der Waals surface area (Å²) in [6, 6.07) is 4.37. The van der Waals surface area contributed by atoms with E-state index in [0.717, 1.165) is 14.9 Å². The quantitative estimate of drug-likeness (QED) is 0.633. The van der Waals surface area contributed by atoms with E-state index in [0.29, 0.717) is 12.1 Å². The summed E-state index contributed by atoms with van der Waals surface area (Å²) in [5.74, 6) is 0.515. The predicted octanol–water partition coefficient (Wildman–Crippen LogP) is 2.33. The van der Waals surface area contributed by atoms with Crippen LogP contribution in [0.25, 0.3) is 0 Å². The zero-order chi connectivity index (χ0) is 15.1. The number of amides is 3. The minimum Gasteiger partial charge on any atom is -0.352 e. The average Bonchev–Trinajstić information content (AvgIpc) is 2.38. The fourth-order valence-electron chi connectivity index (χ4n) is 1.58. The minimum absolute atomic E-state index is 0.252.